The molecule has 0 aromatic heterocycles. The molecule has 1 fully saturated rings. The fourth-order valence-corrected chi connectivity index (χ4v) is 2.43. The van der Waals surface area contributed by atoms with Gasteiger partial charge in [0.05, 0.1) is 10.7 Å². The molecule has 5 heteroatoms. The van der Waals surface area contributed by atoms with E-state index >= 15 is 0 Å². The van der Waals surface area contributed by atoms with E-state index in [4.69, 9.17) is 17.3 Å². The summed E-state index contributed by atoms with van der Waals surface area (Å²) >= 11 is 5.92. The number of amides is 1. The third-order valence-corrected chi connectivity index (χ3v) is 3.79. The van der Waals surface area contributed by atoms with Crippen molar-refractivity contribution in [1.82, 2.24) is 4.90 Å². The smallest absolute Gasteiger partial charge is 0.222 e. The van der Waals surface area contributed by atoms with Crippen molar-refractivity contribution in [2.75, 3.05) is 36.8 Å². The molecule has 1 saturated heterocycles. The average molecular weight is 282 g/mol. The van der Waals surface area contributed by atoms with E-state index in [1.165, 1.54) is 0 Å². The maximum atomic E-state index is 11.8. The highest BCUT2D eigenvalue weighted by molar-refractivity contribution is 6.33. The summed E-state index contributed by atoms with van der Waals surface area (Å²) in [5.74, 6) is 0.262. The van der Waals surface area contributed by atoms with E-state index in [1.54, 1.807) is 0 Å². The van der Waals surface area contributed by atoms with Crippen LogP contribution in [-0.4, -0.2) is 37.0 Å². The molecule has 1 amide bonds. The molecule has 1 aliphatic heterocycles. The maximum absolute atomic E-state index is 11.8. The summed E-state index contributed by atoms with van der Waals surface area (Å²) in [4.78, 5) is 16.0. The standard InChI is InChI=1S/C14H20ClN3O/c1-2-3-14(19)18-8-6-17(7-9-18)11-4-5-12(15)13(16)10-11/h4-5,10H,2-3,6-9,16H2,1H3. The average Bonchev–Trinajstić information content (AvgIpc) is 2.42. The molecular formula is C14H20ClN3O. The first-order valence-corrected chi connectivity index (χ1v) is 7.07. The van der Waals surface area contributed by atoms with Crippen molar-refractivity contribution < 1.29 is 4.79 Å². The minimum absolute atomic E-state index is 0.262. The third kappa shape index (κ3) is 3.32. The summed E-state index contributed by atoms with van der Waals surface area (Å²) in [6, 6.07) is 5.69. The number of benzene rings is 1. The molecule has 1 aliphatic rings. The number of nitrogens with zero attached hydrogens (tertiary/aromatic N) is 2. The van der Waals surface area contributed by atoms with Crippen LogP contribution >= 0.6 is 11.6 Å². The normalized spacial score (nSPS) is 15.7. The quantitative estimate of drug-likeness (QED) is 0.866. The van der Waals surface area contributed by atoms with Crippen molar-refractivity contribution in [3.05, 3.63) is 23.2 Å². The Morgan fingerprint density at radius 3 is 2.58 bits per heavy atom. The second kappa shape index (κ2) is 6.15. The Balaban J connectivity index is 1.96. The van der Waals surface area contributed by atoms with Gasteiger partial charge < -0.3 is 15.5 Å². The molecule has 0 bridgehead atoms. The first kappa shape index (κ1) is 14.0. The second-order valence-corrected chi connectivity index (χ2v) is 5.23. The number of carbonyl (C=O) groups excluding carboxylic acids is 1. The van der Waals surface area contributed by atoms with E-state index in [9.17, 15) is 4.79 Å². The van der Waals surface area contributed by atoms with Gasteiger partial charge in [0.1, 0.15) is 0 Å². The lowest BCUT2D eigenvalue weighted by Gasteiger charge is -2.36. The fraction of sp³-hybridized carbons (Fsp3) is 0.500. The molecular weight excluding hydrogens is 262 g/mol. The molecule has 0 aliphatic carbocycles. The lowest BCUT2D eigenvalue weighted by Crippen LogP contribution is -2.48. The number of hydrogen-bond donors (Lipinski definition) is 1. The van der Waals surface area contributed by atoms with Crippen LogP contribution in [0.15, 0.2) is 18.2 Å². The zero-order chi connectivity index (χ0) is 13.8. The summed E-state index contributed by atoms with van der Waals surface area (Å²) in [7, 11) is 0. The third-order valence-electron chi connectivity index (χ3n) is 3.44. The summed E-state index contributed by atoms with van der Waals surface area (Å²) < 4.78 is 0. The van der Waals surface area contributed by atoms with Gasteiger partial charge in [0.15, 0.2) is 0 Å². The van der Waals surface area contributed by atoms with Crippen LogP contribution in [0.5, 0.6) is 0 Å². The minimum Gasteiger partial charge on any atom is -0.397 e. The number of nitrogens with two attached hydrogens (primary N) is 1. The summed E-state index contributed by atoms with van der Waals surface area (Å²) in [5, 5.41) is 0.584. The topological polar surface area (TPSA) is 49.6 Å². The van der Waals surface area contributed by atoms with Gasteiger partial charge in [-0.15, -0.1) is 0 Å². The summed E-state index contributed by atoms with van der Waals surface area (Å²) in [6.07, 6.45) is 1.56. The van der Waals surface area contributed by atoms with Crippen LogP contribution in [0.2, 0.25) is 5.02 Å². The van der Waals surface area contributed by atoms with E-state index in [-0.39, 0.29) is 5.91 Å². The van der Waals surface area contributed by atoms with Crippen molar-refractivity contribution in [2.24, 2.45) is 0 Å². The van der Waals surface area contributed by atoms with E-state index < -0.39 is 0 Å². The molecule has 2 rings (SSSR count). The molecule has 104 valence electrons. The van der Waals surface area contributed by atoms with Gasteiger partial charge in [-0.2, -0.15) is 0 Å². The number of nitrogen functional groups attached to an aromatic ring is 1. The first-order chi connectivity index (χ1) is 9.11. The predicted octanol–water partition coefficient (Wildman–Crippen LogP) is 2.37. The van der Waals surface area contributed by atoms with Crippen molar-refractivity contribution in [2.45, 2.75) is 19.8 Å². The number of piperazine rings is 1. The summed E-state index contributed by atoms with van der Waals surface area (Å²) in [5.41, 5.74) is 7.49. The Hall–Kier alpha value is -1.42. The monoisotopic (exact) mass is 281 g/mol. The molecule has 2 N–H and O–H groups in total. The van der Waals surface area contributed by atoms with Gasteiger partial charge >= 0.3 is 0 Å². The highest BCUT2D eigenvalue weighted by atomic mass is 35.5. The van der Waals surface area contributed by atoms with Crippen LogP contribution in [0.4, 0.5) is 11.4 Å². The van der Waals surface area contributed by atoms with Gasteiger partial charge in [0.2, 0.25) is 5.91 Å². The molecule has 0 spiro atoms. The van der Waals surface area contributed by atoms with Crippen LogP contribution in [-0.2, 0) is 4.79 Å². The first-order valence-electron chi connectivity index (χ1n) is 6.69. The highest BCUT2D eigenvalue weighted by Gasteiger charge is 2.20. The molecule has 1 heterocycles. The zero-order valence-electron chi connectivity index (χ0n) is 11.2. The van der Waals surface area contributed by atoms with E-state index in [2.05, 4.69) is 4.90 Å². The predicted molar refractivity (Wildman–Crippen MR) is 79.6 cm³/mol. The van der Waals surface area contributed by atoms with Crippen LogP contribution in [0.3, 0.4) is 0 Å². The molecule has 19 heavy (non-hydrogen) atoms. The van der Waals surface area contributed by atoms with Crippen LogP contribution in [0, 0.1) is 0 Å². The molecule has 1 aromatic carbocycles. The highest BCUT2D eigenvalue weighted by Crippen LogP contribution is 2.25. The Labute approximate surface area is 119 Å². The van der Waals surface area contributed by atoms with Crippen LogP contribution < -0.4 is 10.6 Å². The molecule has 4 nitrogen and oxygen atoms in total. The number of halogens is 1. The van der Waals surface area contributed by atoms with Crippen molar-refractivity contribution >= 4 is 28.9 Å². The molecule has 0 saturated carbocycles. The minimum atomic E-state index is 0.262. The Kier molecular flexibility index (Phi) is 4.53. The summed E-state index contributed by atoms with van der Waals surface area (Å²) in [6.45, 7) is 5.28. The number of carbonyl (C=O) groups is 1. The van der Waals surface area contributed by atoms with E-state index in [1.807, 2.05) is 30.0 Å². The Morgan fingerprint density at radius 1 is 1.32 bits per heavy atom. The number of rotatable bonds is 3. The van der Waals surface area contributed by atoms with Gasteiger partial charge in [0, 0.05) is 38.3 Å². The maximum Gasteiger partial charge on any atom is 0.222 e. The van der Waals surface area contributed by atoms with Crippen molar-refractivity contribution in [3.63, 3.8) is 0 Å². The number of anilines is 2. The molecule has 0 unspecified atom stereocenters. The van der Waals surface area contributed by atoms with Gasteiger partial charge in [0.25, 0.3) is 0 Å². The van der Waals surface area contributed by atoms with Gasteiger partial charge in [-0.3, -0.25) is 4.79 Å². The number of hydrogen-bond acceptors (Lipinski definition) is 3. The van der Waals surface area contributed by atoms with Gasteiger partial charge in [-0.1, -0.05) is 18.5 Å². The molecule has 0 atom stereocenters. The SMILES string of the molecule is CCCC(=O)N1CCN(c2ccc(Cl)c(N)c2)CC1. The van der Waals surface area contributed by atoms with Crippen molar-refractivity contribution in [1.29, 1.82) is 0 Å². The Morgan fingerprint density at radius 2 is 2.00 bits per heavy atom. The lowest BCUT2D eigenvalue weighted by molar-refractivity contribution is -0.131. The zero-order valence-corrected chi connectivity index (χ0v) is 12.0. The largest absolute Gasteiger partial charge is 0.397 e. The van der Waals surface area contributed by atoms with E-state index in [0.717, 1.165) is 38.3 Å². The Bertz CT molecular complexity index is 456. The van der Waals surface area contributed by atoms with Gasteiger partial charge in [-0.25, -0.2) is 0 Å². The molecule has 0 radical (unpaired) electrons. The fourth-order valence-electron chi connectivity index (χ4n) is 2.31. The second-order valence-electron chi connectivity index (χ2n) is 4.82. The van der Waals surface area contributed by atoms with E-state index in [0.29, 0.717) is 17.1 Å². The molecule has 1 aromatic rings. The van der Waals surface area contributed by atoms with Crippen molar-refractivity contribution in [3.8, 4) is 0 Å². The van der Waals surface area contributed by atoms with Crippen LogP contribution in [0.1, 0.15) is 19.8 Å². The van der Waals surface area contributed by atoms with Crippen LogP contribution in [0.25, 0.3) is 0 Å². The lowest BCUT2D eigenvalue weighted by atomic mass is 10.2. The van der Waals surface area contributed by atoms with Gasteiger partial charge in [-0.05, 0) is 24.6 Å².